The average Bonchev–Trinajstić information content (AvgIpc) is 3.32. The molecule has 0 amide bonds. The van der Waals surface area contributed by atoms with Gasteiger partial charge in [0.15, 0.2) is 8.32 Å². The van der Waals surface area contributed by atoms with Crippen LogP contribution in [0.1, 0.15) is 95.4 Å². The molecule has 0 bridgehead atoms. The van der Waals surface area contributed by atoms with Crippen molar-refractivity contribution in [2.24, 2.45) is 5.41 Å². The van der Waals surface area contributed by atoms with Gasteiger partial charge in [0.2, 0.25) is 0 Å². The normalized spacial score (nSPS) is 20.0. The Kier molecular flexibility index (Phi) is 7.66. The van der Waals surface area contributed by atoms with Crippen molar-refractivity contribution in [3.8, 4) is 16.9 Å². The zero-order chi connectivity index (χ0) is 27.2. The number of halogens is 1. The lowest BCUT2D eigenvalue weighted by Crippen LogP contribution is -2.43. The first-order valence-corrected chi connectivity index (χ1v) is 16.5. The highest BCUT2D eigenvalue weighted by atomic mass is 28.4. The quantitative estimate of drug-likeness (QED) is 0.221. The van der Waals surface area contributed by atoms with Gasteiger partial charge in [-0.05, 0) is 89.5 Å². The van der Waals surface area contributed by atoms with Gasteiger partial charge in [-0.15, -0.1) is 0 Å². The molecule has 1 fully saturated rings. The molecule has 0 radical (unpaired) electrons. The Morgan fingerprint density at radius 2 is 1.70 bits per heavy atom. The van der Waals surface area contributed by atoms with Crippen LogP contribution in [0.5, 0.6) is 5.75 Å². The summed E-state index contributed by atoms with van der Waals surface area (Å²) in [6.45, 7) is 15.9. The molecule has 2 aromatic carbocycles. The molecule has 202 valence electrons. The highest BCUT2D eigenvalue weighted by Gasteiger charge is 2.44. The van der Waals surface area contributed by atoms with Gasteiger partial charge in [-0.25, -0.2) is 9.18 Å². The molecule has 0 unspecified atom stereocenters. The summed E-state index contributed by atoms with van der Waals surface area (Å²) >= 11 is 0. The minimum Gasteiger partial charge on any atom is -0.437 e. The molecule has 0 spiro atoms. The second-order valence-electron chi connectivity index (χ2n) is 13.2. The van der Waals surface area contributed by atoms with Crippen molar-refractivity contribution >= 4 is 14.5 Å². The number of ether oxygens (including phenoxy) is 2. The monoisotopic (exact) mass is 526 g/mol. The Balaban J connectivity index is 2.02. The summed E-state index contributed by atoms with van der Waals surface area (Å²) in [5.41, 5.74) is 5.13. The molecule has 4 nitrogen and oxygen atoms in total. The van der Waals surface area contributed by atoms with E-state index < -0.39 is 14.5 Å². The van der Waals surface area contributed by atoms with Gasteiger partial charge in [0.25, 0.3) is 0 Å². The summed E-state index contributed by atoms with van der Waals surface area (Å²) in [5.74, 6) is 0.566. The molecule has 1 atom stereocenters. The second kappa shape index (κ2) is 10.2. The van der Waals surface area contributed by atoms with Gasteiger partial charge in [0, 0.05) is 5.56 Å². The summed E-state index contributed by atoms with van der Waals surface area (Å²) in [6.07, 6.45) is 5.33. The van der Waals surface area contributed by atoms with Crippen LogP contribution in [-0.2, 0) is 15.6 Å². The number of carbonyl (C=O) groups is 1. The number of methoxy groups -OCH3 is 1. The van der Waals surface area contributed by atoms with Crippen molar-refractivity contribution in [2.75, 3.05) is 7.11 Å². The van der Waals surface area contributed by atoms with Gasteiger partial charge in [0.05, 0.1) is 13.2 Å². The first-order chi connectivity index (χ1) is 17.2. The third kappa shape index (κ3) is 5.80. The predicted octanol–water partition coefficient (Wildman–Crippen LogP) is 9.33. The van der Waals surface area contributed by atoms with Crippen LogP contribution >= 0.6 is 0 Å². The number of hydrogen-bond donors (Lipinski definition) is 0. The summed E-state index contributed by atoms with van der Waals surface area (Å²) in [4.78, 5) is 12.6. The Labute approximate surface area is 223 Å². The van der Waals surface area contributed by atoms with E-state index in [1.807, 2.05) is 0 Å². The Bertz CT molecular complexity index is 1140. The minimum absolute atomic E-state index is 0.0416. The zero-order valence-electron chi connectivity index (χ0n) is 23.8. The lowest BCUT2D eigenvalue weighted by molar-refractivity contribution is 0.106. The number of rotatable bonds is 5. The number of carbonyl (C=O) groups excluding carboxylic acids is 1. The van der Waals surface area contributed by atoms with E-state index in [0.29, 0.717) is 11.7 Å². The minimum atomic E-state index is -2.14. The lowest BCUT2D eigenvalue weighted by Gasteiger charge is -2.45. The topological polar surface area (TPSA) is 44.8 Å². The lowest BCUT2D eigenvalue weighted by atomic mass is 9.70. The molecule has 0 aromatic heterocycles. The van der Waals surface area contributed by atoms with Gasteiger partial charge < -0.3 is 13.9 Å². The number of benzene rings is 2. The van der Waals surface area contributed by atoms with E-state index in [9.17, 15) is 9.18 Å². The SMILES string of the molecule is COC(=O)Oc1c(C2CCCC2)cc2c(c1-c1ccc(F)cc1)[C@@H](O[Si](C)(C)C(C)(C)C)CC(C)(C)C2. The van der Waals surface area contributed by atoms with Crippen molar-refractivity contribution < 1.29 is 23.1 Å². The zero-order valence-corrected chi connectivity index (χ0v) is 24.8. The second-order valence-corrected chi connectivity index (χ2v) is 18.0. The highest BCUT2D eigenvalue weighted by Crippen LogP contribution is 2.54. The van der Waals surface area contributed by atoms with E-state index in [4.69, 9.17) is 13.9 Å². The van der Waals surface area contributed by atoms with Crippen LogP contribution in [-0.4, -0.2) is 21.6 Å². The first kappa shape index (κ1) is 27.8. The van der Waals surface area contributed by atoms with Gasteiger partial charge >= 0.3 is 6.16 Å². The number of fused-ring (bicyclic) bond motifs is 1. The van der Waals surface area contributed by atoms with Crippen molar-refractivity contribution in [2.45, 2.75) is 103 Å². The third-order valence-corrected chi connectivity index (χ3v) is 13.2. The van der Waals surface area contributed by atoms with Crippen molar-refractivity contribution in [1.29, 1.82) is 0 Å². The molecule has 6 heteroatoms. The molecule has 0 heterocycles. The van der Waals surface area contributed by atoms with Crippen molar-refractivity contribution in [3.63, 3.8) is 0 Å². The molecule has 2 aromatic rings. The van der Waals surface area contributed by atoms with E-state index in [0.717, 1.165) is 60.8 Å². The van der Waals surface area contributed by atoms with Crippen molar-refractivity contribution in [3.05, 3.63) is 52.8 Å². The fourth-order valence-electron chi connectivity index (χ4n) is 5.78. The fourth-order valence-corrected chi connectivity index (χ4v) is 7.04. The number of hydrogen-bond acceptors (Lipinski definition) is 4. The Morgan fingerprint density at radius 1 is 1.08 bits per heavy atom. The third-order valence-electron chi connectivity index (χ3n) is 8.69. The summed E-state index contributed by atoms with van der Waals surface area (Å²) in [6, 6.07) is 8.80. The maximum Gasteiger partial charge on any atom is 0.513 e. The fraction of sp³-hybridized carbons (Fsp3) is 0.581. The molecular formula is C31H43FO4Si. The Morgan fingerprint density at radius 3 is 2.27 bits per heavy atom. The maximum atomic E-state index is 14.0. The maximum absolute atomic E-state index is 14.0. The summed E-state index contributed by atoms with van der Waals surface area (Å²) < 4.78 is 32.1. The van der Waals surface area contributed by atoms with Gasteiger partial charge in [-0.2, -0.15) is 0 Å². The Hall–Kier alpha value is -2.18. The van der Waals surface area contributed by atoms with Gasteiger partial charge in [-0.1, -0.05) is 65.7 Å². The smallest absolute Gasteiger partial charge is 0.437 e. The first-order valence-electron chi connectivity index (χ1n) is 13.6. The van der Waals surface area contributed by atoms with E-state index in [1.54, 1.807) is 12.1 Å². The van der Waals surface area contributed by atoms with E-state index >= 15 is 0 Å². The van der Waals surface area contributed by atoms with Gasteiger partial charge in [-0.3, -0.25) is 0 Å². The highest BCUT2D eigenvalue weighted by molar-refractivity contribution is 6.74. The molecule has 37 heavy (non-hydrogen) atoms. The van der Waals surface area contributed by atoms with Crippen LogP contribution < -0.4 is 4.74 Å². The molecule has 0 saturated heterocycles. The summed E-state index contributed by atoms with van der Waals surface area (Å²) in [7, 11) is -0.811. The van der Waals surface area contributed by atoms with E-state index in [2.05, 4.69) is 53.8 Å². The molecule has 1 saturated carbocycles. The van der Waals surface area contributed by atoms with E-state index in [-0.39, 0.29) is 22.4 Å². The van der Waals surface area contributed by atoms with Crippen LogP contribution in [0.2, 0.25) is 18.1 Å². The average molecular weight is 527 g/mol. The molecule has 4 rings (SSSR count). The molecule has 2 aliphatic carbocycles. The van der Waals surface area contributed by atoms with E-state index in [1.165, 1.54) is 24.8 Å². The van der Waals surface area contributed by atoms with Crippen LogP contribution in [0.4, 0.5) is 9.18 Å². The molecule has 0 aliphatic heterocycles. The summed E-state index contributed by atoms with van der Waals surface area (Å²) in [5, 5.41) is 0.0416. The molecule has 2 aliphatic rings. The van der Waals surface area contributed by atoms with Crippen LogP contribution in [0.15, 0.2) is 30.3 Å². The van der Waals surface area contributed by atoms with Gasteiger partial charge in [0.1, 0.15) is 11.6 Å². The molecular weight excluding hydrogens is 483 g/mol. The standard InChI is InChI=1S/C31H43FO4Si/c1-30(2,3)37(7,8)36-25-19-31(4,5)18-22-17-24(20-11-9-10-12-20)28(35-29(33)34-6)27(26(22)25)21-13-15-23(32)16-14-21/h13-17,20,25H,9-12,18-19H2,1-8H3/t25-/m0/s1. The molecule has 0 N–H and O–H groups in total. The van der Waals surface area contributed by atoms with Crippen LogP contribution in [0.25, 0.3) is 11.1 Å². The van der Waals surface area contributed by atoms with Crippen molar-refractivity contribution in [1.82, 2.24) is 0 Å². The largest absolute Gasteiger partial charge is 0.513 e. The van der Waals surface area contributed by atoms with Crippen LogP contribution in [0, 0.1) is 11.2 Å². The predicted molar refractivity (Wildman–Crippen MR) is 149 cm³/mol. The van der Waals surface area contributed by atoms with Crippen LogP contribution in [0.3, 0.4) is 0 Å².